The van der Waals surface area contributed by atoms with Crippen molar-refractivity contribution in [2.45, 2.75) is 32.0 Å². The minimum Gasteiger partial charge on any atom is -0.489 e. The average molecular weight is 372 g/mol. The fourth-order valence-corrected chi connectivity index (χ4v) is 2.96. The van der Waals surface area contributed by atoms with E-state index in [4.69, 9.17) is 9.47 Å². The van der Waals surface area contributed by atoms with Crippen molar-refractivity contribution < 1.29 is 18.7 Å². The predicted octanol–water partition coefficient (Wildman–Crippen LogP) is 2.96. The molecule has 27 heavy (non-hydrogen) atoms. The zero-order valence-electron chi connectivity index (χ0n) is 15.4. The molecular weight excluding hydrogens is 347 g/mol. The van der Waals surface area contributed by atoms with Crippen LogP contribution in [0.2, 0.25) is 0 Å². The zero-order valence-corrected chi connectivity index (χ0v) is 15.4. The third-order valence-corrected chi connectivity index (χ3v) is 4.51. The van der Waals surface area contributed by atoms with Gasteiger partial charge < -0.3 is 20.1 Å². The molecule has 2 aromatic carbocycles. The molecule has 1 heterocycles. The molecule has 5 nitrogen and oxygen atoms in total. The summed E-state index contributed by atoms with van der Waals surface area (Å²) in [5, 5.41) is 6.29. The third kappa shape index (κ3) is 6.05. The van der Waals surface area contributed by atoms with Crippen LogP contribution in [0.3, 0.4) is 0 Å². The van der Waals surface area contributed by atoms with Crippen LogP contribution in [-0.2, 0) is 16.1 Å². The van der Waals surface area contributed by atoms with Gasteiger partial charge in [0.1, 0.15) is 18.2 Å². The average Bonchev–Trinajstić information content (AvgIpc) is 2.68. The van der Waals surface area contributed by atoms with E-state index in [0.717, 1.165) is 23.4 Å². The minimum absolute atomic E-state index is 0.00198. The van der Waals surface area contributed by atoms with Gasteiger partial charge in [-0.2, -0.15) is 0 Å². The first-order valence-electron chi connectivity index (χ1n) is 9.18. The van der Waals surface area contributed by atoms with Gasteiger partial charge in [0.25, 0.3) is 0 Å². The summed E-state index contributed by atoms with van der Waals surface area (Å²) in [5.41, 5.74) is 1.91. The van der Waals surface area contributed by atoms with Gasteiger partial charge in [-0.3, -0.25) is 4.79 Å². The van der Waals surface area contributed by atoms with E-state index in [9.17, 15) is 9.18 Å². The topological polar surface area (TPSA) is 59.6 Å². The molecule has 0 saturated carbocycles. The van der Waals surface area contributed by atoms with Gasteiger partial charge in [0.2, 0.25) is 5.91 Å². The molecule has 2 N–H and O–H groups in total. The van der Waals surface area contributed by atoms with Crippen molar-refractivity contribution >= 4 is 5.91 Å². The second kappa shape index (κ2) is 9.48. The zero-order chi connectivity index (χ0) is 19.1. The van der Waals surface area contributed by atoms with Crippen molar-refractivity contribution in [3.8, 4) is 5.75 Å². The summed E-state index contributed by atoms with van der Waals surface area (Å²) in [6.45, 7) is 4.39. The summed E-state index contributed by atoms with van der Waals surface area (Å²) in [6, 6.07) is 13.8. The maximum absolute atomic E-state index is 12.9. The van der Waals surface area contributed by atoms with Crippen LogP contribution in [-0.4, -0.2) is 31.7 Å². The van der Waals surface area contributed by atoms with Crippen molar-refractivity contribution in [1.29, 1.82) is 0 Å². The smallest absolute Gasteiger partial charge is 0.222 e. The van der Waals surface area contributed by atoms with Crippen molar-refractivity contribution in [3.05, 3.63) is 65.5 Å². The van der Waals surface area contributed by atoms with Gasteiger partial charge >= 0.3 is 0 Å². The highest BCUT2D eigenvalue weighted by molar-refractivity contribution is 5.77. The number of hydrogen-bond donors (Lipinski definition) is 2. The van der Waals surface area contributed by atoms with E-state index in [2.05, 4.69) is 10.6 Å². The Morgan fingerprint density at radius 2 is 2.00 bits per heavy atom. The molecule has 2 unspecified atom stereocenters. The molecule has 0 aliphatic carbocycles. The van der Waals surface area contributed by atoms with Gasteiger partial charge in [-0.05, 0) is 42.3 Å². The molecule has 2 aromatic rings. The van der Waals surface area contributed by atoms with E-state index >= 15 is 0 Å². The molecule has 1 fully saturated rings. The van der Waals surface area contributed by atoms with Gasteiger partial charge in [-0.15, -0.1) is 0 Å². The molecule has 2 atom stereocenters. The fourth-order valence-electron chi connectivity index (χ4n) is 2.96. The Kier molecular flexibility index (Phi) is 6.79. The number of morpholine rings is 1. The summed E-state index contributed by atoms with van der Waals surface area (Å²) >= 11 is 0. The summed E-state index contributed by atoms with van der Waals surface area (Å²) in [5.74, 6) is 0.471. The fraction of sp³-hybridized carbons (Fsp3) is 0.381. The number of amides is 1. The highest BCUT2D eigenvalue weighted by Gasteiger charge is 2.18. The lowest BCUT2D eigenvalue weighted by atomic mass is 10.1. The van der Waals surface area contributed by atoms with Gasteiger partial charge in [0, 0.05) is 19.0 Å². The summed E-state index contributed by atoms with van der Waals surface area (Å²) in [4.78, 5) is 12.2. The van der Waals surface area contributed by atoms with E-state index in [1.54, 1.807) is 12.1 Å². The highest BCUT2D eigenvalue weighted by Crippen LogP contribution is 2.19. The SMILES string of the molecule is CC(NC(=O)CC1COCCN1)c1ccc(OCc2ccc(F)cc2)cc1. The first-order chi connectivity index (χ1) is 13.1. The number of ether oxygens (including phenoxy) is 2. The molecule has 1 saturated heterocycles. The third-order valence-electron chi connectivity index (χ3n) is 4.51. The van der Waals surface area contributed by atoms with Crippen molar-refractivity contribution in [3.63, 3.8) is 0 Å². The Balaban J connectivity index is 1.46. The Morgan fingerprint density at radius 3 is 2.67 bits per heavy atom. The van der Waals surface area contributed by atoms with Crippen molar-refractivity contribution in [2.75, 3.05) is 19.8 Å². The first kappa shape index (κ1) is 19.3. The molecule has 144 valence electrons. The number of nitrogens with one attached hydrogen (secondary N) is 2. The maximum Gasteiger partial charge on any atom is 0.222 e. The second-order valence-corrected chi connectivity index (χ2v) is 6.70. The van der Waals surface area contributed by atoms with Crippen LogP contribution in [0.15, 0.2) is 48.5 Å². The number of benzene rings is 2. The van der Waals surface area contributed by atoms with Gasteiger partial charge in [-0.1, -0.05) is 24.3 Å². The Hall–Kier alpha value is -2.44. The normalized spacial score (nSPS) is 17.9. The molecule has 0 spiro atoms. The van der Waals surface area contributed by atoms with E-state index in [0.29, 0.717) is 26.2 Å². The number of carbonyl (C=O) groups is 1. The van der Waals surface area contributed by atoms with E-state index in [1.807, 2.05) is 31.2 Å². The van der Waals surface area contributed by atoms with Crippen LogP contribution in [0, 0.1) is 5.82 Å². The molecule has 0 bridgehead atoms. The van der Waals surface area contributed by atoms with Crippen LogP contribution in [0.25, 0.3) is 0 Å². The largest absolute Gasteiger partial charge is 0.489 e. The Labute approximate surface area is 158 Å². The molecule has 1 amide bonds. The maximum atomic E-state index is 12.9. The number of rotatable bonds is 7. The van der Waals surface area contributed by atoms with Gasteiger partial charge in [0.05, 0.1) is 19.3 Å². The molecule has 1 aliphatic heterocycles. The molecule has 6 heteroatoms. The predicted molar refractivity (Wildman–Crippen MR) is 101 cm³/mol. The number of carbonyl (C=O) groups excluding carboxylic acids is 1. The lowest BCUT2D eigenvalue weighted by Gasteiger charge is -2.24. The quantitative estimate of drug-likeness (QED) is 0.785. The molecular formula is C21H25FN2O3. The van der Waals surface area contributed by atoms with Gasteiger partial charge in [0.15, 0.2) is 0 Å². The molecule has 0 aromatic heterocycles. The lowest BCUT2D eigenvalue weighted by molar-refractivity contribution is -0.122. The first-order valence-corrected chi connectivity index (χ1v) is 9.18. The van der Waals surface area contributed by atoms with Crippen molar-refractivity contribution in [2.24, 2.45) is 0 Å². The molecule has 0 radical (unpaired) electrons. The van der Waals surface area contributed by atoms with E-state index in [-0.39, 0.29) is 23.8 Å². The summed E-state index contributed by atoms with van der Waals surface area (Å²) in [6.07, 6.45) is 0.406. The van der Waals surface area contributed by atoms with Crippen LogP contribution in [0.4, 0.5) is 4.39 Å². The summed E-state index contributed by atoms with van der Waals surface area (Å²) in [7, 11) is 0. The Morgan fingerprint density at radius 1 is 1.26 bits per heavy atom. The summed E-state index contributed by atoms with van der Waals surface area (Å²) < 4.78 is 24.0. The van der Waals surface area contributed by atoms with Crippen LogP contribution in [0.5, 0.6) is 5.75 Å². The van der Waals surface area contributed by atoms with Crippen LogP contribution < -0.4 is 15.4 Å². The lowest BCUT2D eigenvalue weighted by Crippen LogP contribution is -2.44. The second-order valence-electron chi connectivity index (χ2n) is 6.70. The molecule has 1 aliphatic rings. The van der Waals surface area contributed by atoms with Crippen LogP contribution in [0.1, 0.15) is 30.5 Å². The number of halogens is 1. The van der Waals surface area contributed by atoms with Crippen molar-refractivity contribution in [1.82, 2.24) is 10.6 Å². The van der Waals surface area contributed by atoms with E-state index in [1.165, 1.54) is 12.1 Å². The minimum atomic E-state index is -0.258. The van der Waals surface area contributed by atoms with Gasteiger partial charge in [-0.25, -0.2) is 4.39 Å². The molecule has 3 rings (SSSR count). The highest BCUT2D eigenvalue weighted by atomic mass is 19.1. The number of hydrogen-bond acceptors (Lipinski definition) is 4. The van der Waals surface area contributed by atoms with Crippen LogP contribution >= 0.6 is 0 Å². The van der Waals surface area contributed by atoms with E-state index < -0.39 is 0 Å². The standard InChI is InChI=1S/C21H25FN2O3/c1-15(24-21(25)12-19-14-26-11-10-23-19)17-4-8-20(9-5-17)27-13-16-2-6-18(22)7-3-16/h2-9,15,19,23H,10-14H2,1H3,(H,24,25). The monoisotopic (exact) mass is 372 g/mol. The Bertz CT molecular complexity index is 728.